The number of aromatic nitrogens is 7. The van der Waals surface area contributed by atoms with Gasteiger partial charge in [-0.15, -0.1) is 5.10 Å². The predicted molar refractivity (Wildman–Crippen MR) is 120 cm³/mol. The molecular weight excluding hydrogens is 422 g/mol. The monoisotopic (exact) mass is 445 g/mol. The fourth-order valence-corrected chi connectivity index (χ4v) is 3.14. The number of hydrogen-bond acceptors (Lipinski definition) is 9. The predicted octanol–water partition coefficient (Wildman–Crippen LogP) is 2.57. The van der Waals surface area contributed by atoms with Gasteiger partial charge in [-0.2, -0.15) is 10.4 Å². The summed E-state index contributed by atoms with van der Waals surface area (Å²) in [6.07, 6.45) is 9.96. The number of nitrogens with zero attached hydrogens (tertiary/aromatic N) is 8. The van der Waals surface area contributed by atoms with Crippen LogP contribution in [0.2, 0.25) is 0 Å². The quantitative estimate of drug-likeness (QED) is 0.398. The highest BCUT2D eigenvalue weighted by molar-refractivity contribution is 5.66. The molecule has 0 saturated heterocycles. The molecule has 168 valence electrons. The highest BCUT2D eigenvalue weighted by Gasteiger charge is 2.12. The molecule has 11 heteroatoms. The van der Waals surface area contributed by atoms with E-state index in [0.717, 1.165) is 16.8 Å². The fraction of sp³-hybridized carbons (Fsp3) is 0.273. The summed E-state index contributed by atoms with van der Waals surface area (Å²) in [6, 6.07) is 7.41. The molecule has 0 saturated carbocycles. The minimum atomic E-state index is -0.216. The van der Waals surface area contributed by atoms with Crippen LogP contribution in [0.15, 0.2) is 55.4 Å². The number of hydrogen-bond donors (Lipinski definition) is 2. The van der Waals surface area contributed by atoms with Crippen LogP contribution in [-0.2, 0) is 6.54 Å². The summed E-state index contributed by atoms with van der Waals surface area (Å²) < 4.78 is 9.35. The molecule has 0 fully saturated rings. The average molecular weight is 445 g/mol. The molecule has 0 bridgehead atoms. The average Bonchev–Trinajstić information content (AvgIpc) is 3.51. The first-order valence-corrected chi connectivity index (χ1v) is 10.3. The largest absolute Gasteiger partial charge is 0.487 e. The smallest absolute Gasteiger partial charge is 0.227 e. The first-order valence-electron chi connectivity index (χ1n) is 10.3. The Labute approximate surface area is 190 Å². The van der Waals surface area contributed by atoms with Gasteiger partial charge in [-0.05, 0) is 31.5 Å². The molecule has 1 aromatic carbocycles. The summed E-state index contributed by atoms with van der Waals surface area (Å²) in [5.74, 6) is 0.900. The molecule has 0 aliphatic carbocycles. The van der Waals surface area contributed by atoms with Gasteiger partial charge in [-0.25, -0.2) is 14.6 Å². The van der Waals surface area contributed by atoms with E-state index in [4.69, 9.17) is 4.74 Å². The highest BCUT2D eigenvalue weighted by atomic mass is 16.5. The van der Waals surface area contributed by atoms with Crippen LogP contribution in [0, 0.1) is 11.3 Å². The van der Waals surface area contributed by atoms with E-state index < -0.39 is 0 Å². The van der Waals surface area contributed by atoms with E-state index in [-0.39, 0.29) is 18.8 Å². The first kappa shape index (κ1) is 21.9. The number of anilines is 2. The zero-order valence-corrected chi connectivity index (χ0v) is 18.2. The molecule has 0 amide bonds. The van der Waals surface area contributed by atoms with Gasteiger partial charge in [0.05, 0.1) is 42.8 Å². The zero-order valence-electron chi connectivity index (χ0n) is 18.2. The van der Waals surface area contributed by atoms with E-state index in [0.29, 0.717) is 23.8 Å². The van der Waals surface area contributed by atoms with Crippen LogP contribution in [0.1, 0.15) is 25.5 Å². The van der Waals surface area contributed by atoms with E-state index in [1.165, 1.54) is 0 Å². The molecule has 0 aliphatic heterocycles. The van der Waals surface area contributed by atoms with Crippen LogP contribution >= 0.6 is 0 Å². The SMILES string of the molecule is CC(CO)n1cc(Nc2ncc(-c3ccc(C#N)c(O[C@@H](C)Cn4ccnn4)c3)cn2)cn1. The van der Waals surface area contributed by atoms with Crippen LogP contribution in [0.25, 0.3) is 11.1 Å². The summed E-state index contributed by atoms with van der Waals surface area (Å²) in [5, 5.41) is 33.7. The lowest BCUT2D eigenvalue weighted by molar-refractivity contribution is 0.192. The molecule has 4 aromatic rings. The van der Waals surface area contributed by atoms with Crippen molar-refractivity contribution in [3.05, 3.63) is 60.9 Å². The van der Waals surface area contributed by atoms with Crippen molar-refractivity contribution in [2.24, 2.45) is 0 Å². The number of aliphatic hydroxyl groups excluding tert-OH is 1. The van der Waals surface area contributed by atoms with Crippen molar-refractivity contribution >= 4 is 11.6 Å². The molecular formula is C22H23N9O2. The summed E-state index contributed by atoms with van der Waals surface area (Å²) in [7, 11) is 0. The van der Waals surface area contributed by atoms with Gasteiger partial charge in [0.25, 0.3) is 0 Å². The molecule has 0 aliphatic rings. The molecule has 1 unspecified atom stereocenters. The number of nitriles is 1. The summed E-state index contributed by atoms with van der Waals surface area (Å²) in [6.45, 7) is 4.28. The van der Waals surface area contributed by atoms with Gasteiger partial charge >= 0.3 is 0 Å². The number of rotatable bonds is 9. The van der Waals surface area contributed by atoms with Crippen molar-refractivity contribution in [1.29, 1.82) is 5.26 Å². The second kappa shape index (κ2) is 9.88. The van der Waals surface area contributed by atoms with Gasteiger partial charge in [0, 0.05) is 30.4 Å². The Morgan fingerprint density at radius 1 is 1.18 bits per heavy atom. The number of benzene rings is 1. The van der Waals surface area contributed by atoms with Gasteiger partial charge in [-0.1, -0.05) is 11.3 Å². The highest BCUT2D eigenvalue weighted by Crippen LogP contribution is 2.28. The summed E-state index contributed by atoms with van der Waals surface area (Å²) >= 11 is 0. The van der Waals surface area contributed by atoms with Crippen LogP contribution in [0.4, 0.5) is 11.6 Å². The Morgan fingerprint density at radius 3 is 2.70 bits per heavy atom. The minimum Gasteiger partial charge on any atom is -0.487 e. The maximum absolute atomic E-state index is 9.47. The Balaban J connectivity index is 1.47. The van der Waals surface area contributed by atoms with E-state index in [2.05, 4.69) is 36.8 Å². The zero-order chi connectivity index (χ0) is 23.2. The first-order chi connectivity index (χ1) is 16.1. The lowest BCUT2D eigenvalue weighted by Gasteiger charge is -2.16. The molecule has 33 heavy (non-hydrogen) atoms. The van der Waals surface area contributed by atoms with Gasteiger partial charge in [0.2, 0.25) is 5.95 Å². The van der Waals surface area contributed by atoms with Gasteiger partial charge in [-0.3, -0.25) is 4.68 Å². The minimum absolute atomic E-state index is 0.00182. The Kier molecular flexibility index (Phi) is 6.56. The molecule has 2 N–H and O–H groups in total. The van der Waals surface area contributed by atoms with Crippen molar-refractivity contribution < 1.29 is 9.84 Å². The van der Waals surface area contributed by atoms with Crippen LogP contribution in [0.5, 0.6) is 5.75 Å². The second-order valence-electron chi connectivity index (χ2n) is 7.54. The van der Waals surface area contributed by atoms with Crippen LogP contribution in [-0.4, -0.2) is 52.6 Å². The molecule has 3 heterocycles. The fourth-order valence-electron chi connectivity index (χ4n) is 3.14. The number of aliphatic hydroxyl groups is 1. The second-order valence-corrected chi connectivity index (χ2v) is 7.54. The van der Waals surface area contributed by atoms with E-state index >= 15 is 0 Å². The Hall–Kier alpha value is -4.30. The normalized spacial score (nSPS) is 12.7. The van der Waals surface area contributed by atoms with Crippen LogP contribution < -0.4 is 10.1 Å². The topological polar surface area (TPSA) is 140 Å². The summed E-state index contributed by atoms with van der Waals surface area (Å²) in [5.41, 5.74) is 2.77. The van der Waals surface area contributed by atoms with E-state index in [9.17, 15) is 10.4 Å². The van der Waals surface area contributed by atoms with Crippen molar-refractivity contribution in [2.75, 3.05) is 11.9 Å². The standard InChI is InChI=1S/C22H23N9O2/c1-15(14-32)31-13-20(11-27-31)28-22-24-9-19(10-25-22)17-3-4-18(8-23)21(7-17)33-16(2)12-30-6-5-26-29-30/h3-7,9-11,13,15-16,32H,12,14H2,1-2H3,(H,24,25,28)/t15?,16-/m0/s1. The van der Waals surface area contributed by atoms with E-state index in [1.54, 1.807) is 52.6 Å². The molecule has 3 aromatic heterocycles. The Bertz CT molecular complexity index is 1230. The van der Waals surface area contributed by atoms with Crippen molar-refractivity contribution in [1.82, 2.24) is 34.7 Å². The molecule has 0 radical (unpaired) electrons. The van der Waals surface area contributed by atoms with Crippen LogP contribution in [0.3, 0.4) is 0 Å². The van der Waals surface area contributed by atoms with Crippen molar-refractivity contribution in [3.63, 3.8) is 0 Å². The maximum atomic E-state index is 9.47. The molecule has 2 atom stereocenters. The van der Waals surface area contributed by atoms with E-state index in [1.807, 2.05) is 26.0 Å². The lowest BCUT2D eigenvalue weighted by Crippen LogP contribution is -2.20. The lowest BCUT2D eigenvalue weighted by atomic mass is 10.1. The third-order valence-electron chi connectivity index (χ3n) is 4.90. The molecule has 11 nitrogen and oxygen atoms in total. The van der Waals surface area contributed by atoms with Crippen molar-refractivity contribution in [2.45, 2.75) is 32.5 Å². The number of nitrogens with one attached hydrogen (secondary N) is 1. The Morgan fingerprint density at radius 2 is 2.00 bits per heavy atom. The maximum Gasteiger partial charge on any atom is 0.227 e. The number of ether oxygens (including phenoxy) is 1. The van der Waals surface area contributed by atoms with Crippen molar-refractivity contribution in [3.8, 4) is 22.9 Å². The third-order valence-corrected chi connectivity index (χ3v) is 4.90. The molecule has 0 spiro atoms. The third kappa shape index (κ3) is 5.31. The van der Waals surface area contributed by atoms with Gasteiger partial charge in [0.15, 0.2) is 0 Å². The summed E-state index contributed by atoms with van der Waals surface area (Å²) in [4.78, 5) is 8.75. The molecule has 4 rings (SSSR count). The van der Waals surface area contributed by atoms with Gasteiger partial charge in [0.1, 0.15) is 17.9 Å². The van der Waals surface area contributed by atoms with Gasteiger partial charge < -0.3 is 15.2 Å².